The number of aryl methyl sites for hydroxylation is 1. The van der Waals surface area contributed by atoms with Crippen LogP contribution in [0, 0.1) is 6.92 Å². The molecule has 1 aromatic carbocycles. The largest absolute Gasteiger partial charge is 0.408 e. The van der Waals surface area contributed by atoms with Crippen molar-refractivity contribution in [3.8, 4) is 0 Å². The number of nitrogens with one attached hydrogen (secondary N) is 1. The Morgan fingerprint density at radius 3 is 2.62 bits per heavy atom. The summed E-state index contributed by atoms with van der Waals surface area (Å²) in [6, 6.07) is 2.53. The number of aromatic nitrogens is 2. The first-order valence-corrected chi connectivity index (χ1v) is 9.92. The van der Waals surface area contributed by atoms with Crippen LogP contribution in [0.2, 0.25) is 5.02 Å². The standard InChI is InChI=1S/C15H19ClN4O5S/c1-5-8-24-20(3)13-11(26(4,22)23)7-6-10(12(13)16)14(21)17-15-19-18-9(2)25-15/h6-7H,5,8H2,1-4H3,(H,17,19,21). The van der Waals surface area contributed by atoms with Crippen molar-refractivity contribution in [1.29, 1.82) is 0 Å². The van der Waals surface area contributed by atoms with Crippen LogP contribution in [0.1, 0.15) is 29.6 Å². The highest BCUT2D eigenvalue weighted by molar-refractivity contribution is 7.90. The normalized spacial score (nSPS) is 11.4. The molecule has 9 nitrogen and oxygen atoms in total. The van der Waals surface area contributed by atoms with E-state index in [1.54, 1.807) is 6.92 Å². The van der Waals surface area contributed by atoms with E-state index in [9.17, 15) is 13.2 Å². The topological polar surface area (TPSA) is 115 Å². The zero-order chi connectivity index (χ0) is 19.5. The zero-order valence-corrected chi connectivity index (χ0v) is 16.3. The van der Waals surface area contributed by atoms with Gasteiger partial charge in [0.05, 0.1) is 22.1 Å². The summed E-state index contributed by atoms with van der Waals surface area (Å²) in [6.45, 7) is 3.84. The number of nitrogens with zero attached hydrogens (tertiary/aromatic N) is 3. The molecule has 0 fully saturated rings. The lowest BCUT2D eigenvalue weighted by atomic mass is 10.2. The summed E-state index contributed by atoms with van der Waals surface area (Å²) >= 11 is 6.35. The third-order valence-electron chi connectivity index (χ3n) is 3.27. The molecule has 1 N–H and O–H groups in total. The van der Waals surface area contributed by atoms with Crippen LogP contribution in [0.3, 0.4) is 0 Å². The number of carbonyl (C=O) groups is 1. The minimum absolute atomic E-state index is 0.0388. The molecule has 26 heavy (non-hydrogen) atoms. The average Bonchev–Trinajstić information content (AvgIpc) is 2.96. The van der Waals surface area contributed by atoms with Gasteiger partial charge in [-0.2, -0.15) is 0 Å². The van der Waals surface area contributed by atoms with Crippen LogP contribution < -0.4 is 10.4 Å². The van der Waals surface area contributed by atoms with Gasteiger partial charge in [-0.25, -0.2) is 8.42 Å². The lowest BCUT2D eigenvalue weighted by Gasteiger charge is -2.23. The molecule has 1 aromatic heterocycles. The lowest BCUT2D eigenvalue weighted by molar-refractivity contribution is 0.102. The first kappa shape index (κ1) is 20.1. The highest BCUT2D eigenvalue weighted by atomic mass is 35.5. The number of hydroxylamine groups is 1. The van der Waals surface area contributed by atoms with Crippen LogP contribution in [0.25, 0.3) is 0 Å². The van der Waals surface area contributed by atoms with Gasteiger partial charge in [-0.1, -0.05) is 23.6 Å². The van der Waals surface area contributed by atoms with Crippen molar-refractivity contribution in [3.63, 3.8) is 0 Å². The maximum atomic E-state index is 12.5. The number of sulfone groups is 1. The molecular weight excluding hydrogens is 384 g/mol. The second-order valence-electron chi connectivity index (χ2n) is 5.46. The minimum Gasteiger partial charge on any atom is -0.408 e. The van der Waals surface area contributed by atoms with E-state index < -0.39 is 15.7 Å². The third kappa shape index (κ3) is 4.51. The summed E-state index contributed by atoms with van der Waals surface area (Å²) in [7, 11) is -2.08. The summed E-state index contributed by atoms with van der Waals surface area (Å²) in [6.07, 6.45) is 1.77. The van der Waals surface area contributed by atoms with Crippen molar-refractivity contribution in [2.24, 2.45) is 0 Å². The van der Waals surface area contributed by atoms with Crippen LogP contribution in [-0.4, -0.2) is 44.4 Å². The first-order chi connectivity index (χ1) is 12.1. The molecule has 142 valence electrons. The second-order valence-corrected chi connectivity index (χ2v) is 7.82. The summed E-state index contributed by atoms with van der Waals surface area (Å²) in [5.41, 5.74) is 0.119. The van der Waals surface area contributed by atoms with E-state index in [0.29, 0.717) is 13.0 Å². The summed E-state index contributed by atoms with van der Waals surface area (Å²) < 4.78 is 29.3. The Morgan fingerprint density at radius 2 is 2.08 bits per heavy atom. The molecule has 0 aliphatic rings. The van der Waals surface area contributed by atoms with E-state index in [1.165, 1.54) is 24.2 Å². The predicted octanol–water partition coefficient (Wildman–Crippen LogP) is 2.47. The zero-order valence-electron chi connectivity index (χ0n) is 14.7. The van der Waals surface area contributed by atoms with E-state index in [2.05, 4.69) is 15.5 Å². The average molecular weight is 403 g/mol. The molecule has 2 rings (SSSR count). The van der Waals surface area contributed by atoms with Crippen molar-refractivity contribution in [3.05, 3.63) is 28.6 Å². The molecule has 0 bridgehead atoms. The molecule has 0 radical (unpaired) electrons. The van der Waals surface area contributed by atoms with Crippen LogP contribution in [0.5, 0.6) is 0 Å². The number of amides is 1. The number of carbonyl (C=O) groups excluding carboxylic acids is 1. The quantitative estimate of drug-likeness (QED) is 0.702. The van der Waals surface area contributed by atoms with Crippen molar-refractivity contribution < 1.29 is 22.5 Å². The number of halogens is 1. The number of hydrogen-bond donors (Lipinski definition) is 1. The maximum Gasteiger partial charge on any atom is 0.322 e. The highest BCUT2D eigenvalue weighted by Gasteiger charge is 2.25. The van der Waals surface area contributed by atoms with Crippen LogP contribution in [0.15, 0.2) is 21.4 Å². The van der Waals surface area contributed by atoms with E-state index in [-0.39, 0.29) is 33.1 Å². The van der Waals surface area contributed by atoms with Gasteiger partial charge in [0.1, 0.15) is 5.69 Å². The van der Waals surface area contributed by atoms with Crippen molar-refractivity contribution >= 4 is 39.0 Å². The van der Waals surface area contributed by atoms with E-state index in [1.807, 2.05) is 6.92 Å². The molecule has 0 spiro atoms. The minimum atomic E-state index is -3.60. The Kier molecular flexibility index (Phi) is 6.21. The van der Waals surface area contributed by atoms with Crippen LogP contribution in [-0.2, 0) is 14.7 Å². The number of anilines is 2. The fourth-order valence-corrected chi connectivity index (χ4v) is 3.44. The highest BCUT2D eigenvalue weighted by Crippen LogP contribution is 2.36. The van der Waals surface area contributed by atoms with Crippen LogP contribution in [0.4, 0.5) is 11.7 Å². The van der Waals surface area contributed by atoms with Gasteiger partial charge >= 0.3 is 6.01 Å². The Hall–Kier alpha value is -2.17. The number of benzene rings is 1. The van der Waals surface area contributed by atoms with Crippen molar-refractivity contribution in [2.45, 2.75) is 25.2 Å². The molecular formula is C15H19ClN4O5S. The van der Waals surface area contributed by atoms with Crippen LogP contribution >= 0.6 is 11.6 Å². The lowest BCUT2D eigenvalue weighted by Crippen LogP contribution is -2.23. The molecule has 1 heterocycles. The third-order valence-corrected chi connectivity index (χ3v) is 4.78. The van der Waals surface area contributed by atoms with Crippen molar-refractivity contribution in [1.82, 2.24) is 10.2 Å². The summed E-state index contributed by atoms with van der Waals surface area (Å²) in [5.74, 6) is -0.337. The Labute approximate surface area is 156 Å². The first-order valence-electron chi connectivity index (χ1n) is 7.65. The molecule has 0 unspecified atom stereocenters. The fourth-order valence-electron chi connectivity index (χ4n) is 2.12. The monoisotopic (exact) mass is 402 g/mol. The van der Waals surface area contributed by atoms with Gasteiger partial charge in [-0.05, 0) is 18.6 Å². The molecule has 0 saturated carbocycles. The Balaban J connectivity index is 2.46. The van der Waals surface area contributed by atoms with Gasteiger partial charge in [0, 0.05) is 20.2 Å². The SMILES string of the molecule is CCCON(C)c1c(S(C)(=O)=O)ccc(C(=O)Nc2nnc(C)o2)c1Cl. The molecule has 11 heteroatoms. The predicted molar refractivity (Wildman–Crippen MR) is 96.2 cm³/mol. The summed E-state index contributed by atoms with van der Waals surface area (Å²) in [4.78, 5) is 17.9. The van der Waals surface area contributed by atoms with E-state index in [4.69, 9.17) is 20.9 Å². The summed E-state index contributed by atoms with van der Waals surface area (Å²) in [5, 5.41) is 10.9. The van der Waals surface area contributed by atoms with Gasteiger partial charge in [-0.15, -0.1) is 5.10 Å². The van der Waals surface area contributed by atoms with Gasteiger partial charge < -0.3 is 4.42 Å². The van der Waals surface area contributed by atoms with Gasteiger partial charge in [0.2, 0.25) is 5.89 Å². The van der Waals surface area contributed by atoms with Crippen molar-refractivity contribution in [2.75, 3.05) is 30.3 Å². The molecule has 2 aromatic rings. The van der Waals surface area contributed by atoms with E-state index >= 15 is 0 Å². The van der Waals surface area contributed by atoms with Gasteiger partial charge in [0.25, 0.3) is 5.91 Å². The second kappa shape index (κ2) is 8.02. The molecule has 0 saturated heterocycles. The maximum absolute atomic E-state index is 12.5. The van der Waals surface area contributed by atoms with Gasteiger partial charge in [0.15, 0.2) is 9.84 Å². The fraction of sp³-hybridized carbons (Fsp3) is 0.400. The molecule has 1 amide bonds. The molecule has 0 atom stereocenters. The Bertz CT molecular complexity index is 913. The number of rotatable bonds is 7. The molecule has 0 aliphatic carbocycles. The van der Waals surface area contributed by atoms with E-state index in [0.717, 1.165) is 6.26 Å². The van der Waals surface area contributed by atoms with Gasteiger partial charge in [-0.3, -0.25) is 20.0 Å². The number of hydrogen-bond acceptors (Lipinski definition) is 8. The molecule has 0 aliphatic heterocycles. The smallest absolute Gasteiger partial charge is 0.322 e. The Morgan fingerprint density at radius 1 is 1.38 bits per heavy atom.